The Labute approximate surface area is 106 Å². The first kappa shape index (κ1) is 12.3. The number of aryl methyl sites for hydroxylation is 1. The molecular weight excluding hydrogens is 228 g/mol. The molecule has 0 unspecified atom stereocenters. The zero-order valence-corrected chi connectivity index (χ0v) is 10.6. The molecule has 0 aliphatic carbocycles. The smallest absolute Gasteiger partial charge is 0.217 e. The van der Waals surface area contributed by atoms with Gasteiger partial charge in [-0.25, -0.2) is 9.67 Å². The highest BCUT2D eigenvalue weighted by Crippen LogP contribution is 2.17. The van der Waals surface area contributed by atoms with Crippen molar-refractivity contribution >= 4 is 5.91 Å². The third kappa shape index (κ3) is 2.40. The van der Waals surface area contributed by atoms with Crippen molar-refractivity contribution < 1.29 is 4.79 Å². The number of carbonyl (C=O) groups excluding carboxylic acids is 1. The summed E-state index contributed by atoms with van der Waals surface area (Å²) < 4.78 is 1.80. The molecule has 0 fully saturated rings. The number of aromatic nitrogens is 3. The van der Waals surface area contributed by atoms with Gasteiger partial charge in [0, 0.05) is 18.3 Å². The lowest BCUT2D eigenvalue weighted by atomic mass is 10.1. The van der Waals surface area contributed by atoms with Gasteiger partial charge in [0.2, 0.25) is 5.91 Å². The van der Waals surface area contributed by atoms with Crippen molar-refractivity contribution in [1.29, 1.82) is 0 Å². The van der Waals surface area contributed by atoms with Crippen LogP contribution in [0.5, 0.6) is 0 Å². The van der Waals surface area contributed by atoms with Gasteiger partial charge in [0.1, 0.15) is 0 Å². The number of rotatable bonds is 4. The predicted octanol–water partition coefficient (Wildman–Crippen LogP) is 1.30. The summed E-state index contributed by atoms with van der Waals surface area (Å²) in [6.07, 6.45) is 2.70. The van der Waals surface area contributed by atoms with Crippen molar-refractivity contribution in [2.75, 3.05) is 0 Å². The lowest BCUT2D eigenvalue weighted by molar-refractivity contribution is -0.117. The lowest BCUT2D eigenvalue weighted by Crippen LogP contribution is -2.11. The van der Waals surface area contributed by atoms with Crippen LogP contribution in [0.2, 0.25) is 0 Å². The monoisotopic (exact) mass is 244 g/mol. The van der Waals surface area contributed by atoms with Crippen molar-refractivity contribution in [1.82, 2.24) is 14.8 Å². The van der Waals surface area contributed by atoms with E-state index in [0.29, 0.717) is 12.8 Å². The molecule has 5 heteroatoms. The molecule has 2 rings (SSSR count). The average molecular weight is 244 g/mol. The standard InChI is InChI=1S/C13H16N4O/c1-9-11(6-7-12(14)18)10(2)17(16-9)13-5-3-4-8-15-13/h3-5,8H,6-7H2,1-2H3,(H2,14,18). The number of primary amides is 1. The molecule has 0 atom stereocenters. The van der Waals surface area contributed by atoms with Gasteiger partial charge in [-0.2, -0.15) is 5.10 Å². The largest absolute Gasteiger partial charge is 0.370 e. The van der Waals surface area contributed by atoms with Crippen molar-refractivity contribution in [3.63, 3.8) is 0 Å². The van der Waals surface area contributed by atoms with E-state index >= 15 is 0 Å². The molecule has 0 spiro atoms. The molecule has 2 N–H and O–H groups in total. The van der Waals surface area contributed by atoms with Gasteiger partial charge in [0.15, 0.2) is 5.82 Å². The summed E-state index contributed by atoms with van der Waals surface area (Å²) in [6.45, 7) is 3.91. The Balaban J connectivity index is 2.35. The van der Waals surface area contributed by atoms with E-state index in [4.69, 9.17) is 5.73 Å². The van der Waals surface area contributed by atoms with Crippen LogP contribution in [-0.2, 0) is 11.2 Å². The van der Waals surface area contributed by atoms with E-state index in [-0.39, 0.29) is 5.91 Å². The molecule has 0 saturated carbocycles. The molecule has 2 heterocycles. The summed E-state index contributed by atoms with van der Waals surface area (Å²) in [5.74, 6) is 0.489. The Hall–Kier alpha value is -2.17. The van der Waals surface area contributed by atoms with E-state index in [0.717, 1.165) is 22.8 Å². The molecule has 0 aromatic carbocycles. The fourth-order valence-corrected chi connectivity index (χ4v) is 1.99. The van der Waals surface area contributed by atoms with Gasteiger partial charge in [0.05, 0.1) is 5.69 Å². The van der Waals surface area contributed by atoms with E-state index in [1.54, 1.807) is 10.9 Å². The van der Waals surface area contributed by atoms with Crippen LogP contribution in [-0.4, -0.2) is 20.7 Å². The number of hydrogen-bond acceptors (Lipinski definition) is 3. The number of amides is 1. The molecule has 0 aliphatic rings. The predicted molar refractivity (Wildman–Crippen MR) is 68.3 cm³/mol. The quantitative estimate of drug-likeness (QED) is 0.881. The Morgan fingerprint density at radius 2 is 2.17 bits per heavy atom. The van der Waals surface area contributed by atoms with Crippen LogP contribution >= 0.6 is 0 Å². The average Bonchev–Trinajstić information content (AvgIpc) is 2.63. The van der Waals surface area contributed by atoms with E-state index < -0.39 is 0 Å². The maximum atomic E-state index is 10.9. The van der Waals surface area contributed by atoms with Crippen LogP contribution in [0.3, 0.4) is 0 Å². The number of pyridine rings is 1. The molecule has 0 aliphatic heterocycles. The molecule has 94 valence electrons. The SMILES string of the molecule is Cc1nn(-c2ccccn2)c(C)c1CCC(N)=O. The highest BCUT2D eigenvalue weighted by atomic mass is 16.1. The highest BCUT2D eigenvalue weighted by molar-refractivity contribution is 5.74. The second-order valence-electron chi connectivity index (χ2n) is 4.22. The van der Waals surface area contributed by atoms with E-state index in [2.05, 4.69) is 10.1 Å². The summed E-state index contributed by atoms with van der Waals surface area (Å²) in [4.78, 5) is 15.1. The minimum Gasteiger partial charge on any atom is -0.370 e. The van der Waals surface area contributed by atoms with Gasteiger partial charge in [-0.3, -0.25) is 4.79 Å². The maximum Gasteiger partial charge on any atom is 0.217 e. The first-order valence-electron chi connectivity index (χ1n) is 5.84. The molecule has 2 aromatic rings. The first-order chi connectivity index (χ1) is 8.59. The molecule has 0 bridgehead atoms. The molecule has 5 nitrogen and oxygen atoms in total. The normalized spacial score (nSPS) is 10.6. The fraction of sp³-hybridized carbons (Fsp3) is 0.308. The minimum absolute atomic E-state index is 0.292. The Bertz CT molecular complexity index is 560. The highest BCUT2D eigenvalue weighted by Gasteiger charge is 2.13. The molecular formula is C13H16N4O. The molecule has 1 amide bonds. The van der Waals surface area contributed by atoms with Gasteiger partial charge in [-0.05, 0) is 38.0 Å². The Morgan fingerprint density at radius 3 is 2.78 bits per heavy atom. The Morgan fingerprint density at radius 1 is 1.39 bits per heavy atom. The first-order valence-corrected chi connectivity index (χ1v) is 5.84. The van der Waals surface area contributed by atoms with E-state index in [1.807, 2.05) is 32.0 Å². The summed E-state index contributed by atoms with van der Waals surface area (Å²) in [5, 5.41) is 4.46. The second-order valence-corrected chi connectivity index (χ2v) is 4.22. The molecule has 0 saturated heterocycles. The number of carbonyl (C=O) groups is 1. The molecule has 2 aromatic heterocycles. The number of hydrogen-bond donors (Lipinski definition) is 1. The van der Waals surface area contributed by atoms with Crippen LogP contribution in [0.1, 0.15) is 23.4 Å². The van der Waals surface area contributed by atoms with Crippen LogP contribution in [0.25, 0.3) is 5.82 Å². The van der Waals surface area contributed by atoms with Crippen molar-refractivity contribution in [2.45, 2.75) is 26.7 Å². The minimum atomic E-state index is -0.292. The zero-order valence-electron chi connectivity index (χ0n) is 10.6. The summed E-state index contributed by atoms with van der Waals surface area (Å²) in [6, 6.07) is 5.68. The van der Waals surface area contributed by atoms with Gasteiger partial charge in [-0.15, -0.1) is 0 Å². The van der Waals surface area contributed by atoms with Gasteiger partial charge in [-0.1, -0.05) is 6.07 Å². The van der Waals surface area contributed by atoms with E-state index in [9.17, 15) is 4.79 Å². The maximum absolute atomic E-state index is 10.9. The van der Waals surface area contributed by atoms with Crippen molar-refractivity contribution in [2.24, 2.45) is 5.73 Å². The second kappa shape index (κ2) is 5.00. The van der Waals surface area contributed by atoms with Crippen LogP contribution in [0.4, 0.5) is 0 Å². The summed E-state index contributed by atoms with van der Waals surface area (Å²) in [5.41, 5.74) is 8.17. The Kier molecular flexibility index (Phi) is 3.41. The van der Waals surface area contributed by atoms with Gasteiger partial charge < -0.3 is 5.73 Å². The van der Waals surface area contributed by atoms with Crippen LogP contribution in [0.15, 0.2) is 24.4 Å². The molecule has 0 radical (unpaired) electrons. The van der Waals surface area contributed by atoms with Crippen molar-refractivity contribution in [3.8, 4) is 5.82 Å². The number of nitrogens with two attached hydrogens (primary N) is 1. The summed E-state index contributed by atoms with van der Waals surface area (Å²) in [7, 11) is 0. The summed E-state index contributed by atoms with van der Waals surface area (Å²) >= 11 is 0. The van der Waals surface area contributed by atoms with E-state index in [1.165, 1.54) is 0 Å². The van der Waals surface area contributed by atoms with Crippen molar-refractivity contribution in [3.05, 3.63) is 41.3 Å². The van der Waals surface area contributed by atoms with Gasteiger partial charge in [0.25, 0.3) is 0 Å². The topological polar surface area (TPSA) is 73.8 Å². The third-order valence-electron chi connectivity index (χ3n) is 2.93. The van der Waals surface area contributed by atoms with Crippen LogP contribution < -0.4 is 5.73 Å². The van der Waals surface area contributed by atoms with Gasteiger partial charge >= 0.3 is 0 Å². The zero-order chi connectivity index (χ0) is 13.1. The van der Waals surface area contributed by atoms with Crippen LogP contribution in [0, 0.1) is 13.8 Å². The molecule has 18 heavy (non-hydrogen) atoms. The lowest BCUT2D eigenvalue weighted by Gasteiger charge is -2.03. The third-order valence-corrected chi connectivity index (χ3v) is 2.93. The number of nitrogens with zero attached hydrogens (tertiary/aromatic N) is 3. The fourth-order valence-electron chi connectivity index (χ4n) is 1.99.